The van der Waals surface area contributed by atoms with Gasteiger partial charge in [-0.2, -0.15) is 0 Å². The molecular formula is C48H31NS2. The molecule has 0 saturated carbocycles. The Kier molecular flexibility index (Phi) is 7.26. The number of hydrogen-bond donors (Lipinski definition) is 0. The Morgan fingerprint density at radius 2 is 0.784 bits per heavy atom. The van der Waals surface area contributed by atoms with Crippen LogP contribution in [-0.4, -0.2) is 0 Å². The summed E-state index contributed by atoms with van der Waals surface area (Å²) in [6.07, 6.45) is 0. The maximum absolute atomic E-state index is 2.51. The third-order valence-corrected chi connectivity index (χ3v) is 12.3. The van der Waals surface area contributed by atoms with E-state index in [2.05, 4.69) is 193 Å². The van der Waals surface area contributed by atoms with Crippen LogP contribution in [0.25, 0.3) is 73.7 Å². The molecule has 0 N–H and O–H groups in total. The largest absolute Gasteiger partial charge is 0.308 e. The maximum atomic E-state index is 2.51. The van der Waals surface area contributed by atoms with Gasteiger partial charge in [0.2, 0.25) is 0 Å². The molecule has 1 nitrogen and oxygen atoms in total. The first kappa shape index (κ1) is 29.9. The van der Waals surface area contributed by atoms with Crippen molar-refractivity contribution in [2.75, 3.05) is 4.90 Å². The smallest absolute Gasteiger partial charge is 0.0641 e. The molecule has 0 aliphatic rings. The quantitative estimate of drug-likeness (QED) is 0.168. The van der Waals surface area contributed by atoms with Crippen molar-refractivity contribution in [3.8, 4) is 33.4 Å². The van der Waals surface area contributed by atoms with Gasteiger partial charge in [-0.25, -0.2) is 0 Å². The van der Waals surface area contributed by atoms with E-state index < -0.39 is 0 Å². The zero-order valence-electron chi connectivity index (χ0n) is 27.7. The molecule has 2 aromatic heterocycles. The summed E-state index contributed by atoms with van der Waals surface area (Å²) in [5.41, 5.74) is 10.9. The van der Waals surface area contributed by atoms with Crippen LogP contribution in [0.4, 0.5) is 17.1 Å². The lowest BCUT2D eigenvalue weighted by Gasteiger charge is -2.28. The van der Waals surface area contributed by atoms with E-state index in [1.807, 2.05) is 22.7 Å². The molecule has 0 aliphatic carbocycles. The second-order valence-electron chi connectivity index (χ2n) is 12.8. The molecule has 0 saturated heterocycles. The minimum atomic E-state index is 1.13. The molecule has 0 bridgehead atoms. The Bertz CT molecular complexity index is 2830. The number of nitrogens with zero attached hydrogens (tertiary/aromatic N) is 1. The minimum absolute atomic E-state index is 1.13. The monoisotopic (exact) mass is 685 g/mol. The Morgan fingerprint density at radius 1 is 0.314 bits per heavy atom. The van der Waals surface area contributed by atoms with Crippen molar-refractivity contribution in [1.29, 1.82) is 0 Å². The van der Waals surface area contributed by atoms with E-state index in [-0.39, 0.29) is 0 Å². The number of anilines is 3. The first-order valence-corrected chi connectivity index (χ1v) is 18.9. The average Bonchev–Trinajstić information content (AvgIpc) is 3.79. The molecule has 0 fully saturated rings. The zero-order chi connectivity index (χ0) is 33.7. The van der Waals surface area contributed by atoms with E-state index in [1.165, 1.54) is 85.1 Å². The first-order chi connectivity index (χ1) is 25.3. The summed E-state index contributed by atoms with van der Waals surface area (Å²) in [4.78, 5) is 2.51. The highest BCUT2D eigenvalue weighted by atomic mass is 32.1. The molecule has 51 heavy (non-hydrogen) atoms. The topological polar surface area (TPSA) is 3.24 Å². The van der Waals surface area contributed by atoms with E-state index in [0.717, 1.165) is 5.69 Å². The molecule has 10 rings (SSSR count). The highest BCUT2D eigenvalue weighted by Crippen LogP contribution is 2.52. The fourth-order valence-corrected chi connectivity index (χ4v) is 10.0. The third-order valence-electron chi connectivity index (χ3n) is 9.89. The van der Waals surface area contributed by atoms with Crippen LogP contribution in [0.3, 0.4) is 0 Å². The van der Waals surface area contributed by atoms with Gasteiger partial charge in [-0.15, -0.1) is 22.7 Å². The highest BCUT2D eigenvalue weighted by molar-refractivity contribution is 7.27. The molecule has 0 unspecified atom stereocenters. The Hall–Kier alpha value is -6.00. The Balaban J connectivity index is 1.29. The van der Waals surface area contributed by atoms with Gasteiger partial charge in [0.15, 0.2) is 0 Å². The van der Waals surface area contributed by atoms with Crippen LogP contribution in [0, 0.1) is 0 Å². The number of rotatable bonds is 6. The highest BCUT2D eigenvalue weighted by Gasteiger charge is 2.24. The van der Waals surface area contributed by atoms with Crippen LogP contribution in [0.2, 0.25) is 0 Å². The average molecular weight is 686 g/mol. The van der Waals surface area contributed by atoms with Gasteiger partial charge in [0.25, 0.3) is 0 Å². The summed E-state index contributed by atoms with van der Waals surface area (Å²) in [5.74, 6) is 0. The van der Waals surface area contributed by atoms with Crippen molar-refractivity contribution >= 4 is 80.1 Å². The van der Waals surface area contributed by atoms with Gasteiger partial charge in [0.05, 0.1) is 16.1 Å². The molecule has 0 amide bonds. The van der Waals surface area contributed by atoms with Crippen molar-refractivity contribution in [3.63, 3.8) is 0 Å². The second kappa shape index (κ2) is 12.4. The van der Waals surface area contributed by atoms with Gasteiger partial charge in [0.1, 0.15) is 0 Å². The summed E-state index contributed by atoms with van der Waals surface area (Å²) in [7, 11) is 0. The van der Waals surface area contributed by atoms with E-state index in [1.54, 1.807) is 0 Å². The molecule has 10 aromatic rings. The van der Waals surface area contributed by atoms with Crippen LogP contribution in [0.5, 0.6) is 0 Å². The Labute approximate surface area is 304 Å². The van der Waals surface area contributed by atoms with E-state index in [9.17, 15) is 0 Å². The van der Waals surface area contributed by atoms with Gasteiger partial charge in [-0.05, 0) is 69.8 Å². The molecule has 240 valence electrons. The summed E-state index contributed by atoms with van der Waals surface area (Å²) in [6.45, 7) is 0. The van der Waals surface area contributed by atoms with Crippen LogP contribution < -0.4 is 4.90 Å². The van der Waals surface area contributed by atoms with Gasteiger partial charge in [-0.1, -0.05) is 152 Å². The standard InChI is InChI=1S/C48H31NS2/c1-4-14-32(15-5-1)33-24-26-36(27-25-33)49(41-30-29-38(35-18-8-3-9-19-35)47-46(41)40-21-11-13-23-44(40)50-47)42-31-28-37(34-16-6-2-7-17-34)45-39-20-10-12-22-43(39)51-48(42)45/h1-31H. The second-order valence-corrected chi connectivity index (χ2v) is 15.0. The van der Waals surface area contributed by atoms with Crippen LogP contribution in [0.1, 0.15) is 0 Å². The lowest BCUT2D eigenvalue weighted by Crippen LogP contribution is -2.11. The third kappa shape index (κ3) is 5.05. The van der Waals surface area contributed by atoms with Crippen molar-refractivity contribution < 1.29 is 0 Å². The maximum Gasteiger partial charge on any atom is 0.0641 e. The lowest BCUT2D eigenvalue weighted by molar-refractivity contribution is 1.32. The fourth-order valence-electron chi connectivity index (χ4n) is 7.53. The van der Waals surface area contributed by atoms with Gasteiger partial charge < -0.3 is 4.90 Å². The lowest BCUT2D eigenvalue weighted by atomic mass is 9.97. The number of thiophene rings is 2. The number of fused-ring (bicyclic) bond motifs is 6. The Morgan fingerprint density at radius 3 is 1.43 bits per heavy atom. The van der Waals surface area contributed by atoms with Crippen LogP contribution in [0.15, 0.2) is 188 Å². The summed E-state index contributed by atoms with van der Waals surface area (Å²) in [6, 6.07) is 68.5. The fraction of sp³-hybridized carbons (Fsp3) is 0. The predicted molar refractivity (Wildman–Crippen MR) is 223 cm³/mol. The van der Waals surface area contributed by atoms with E-state index in [0.29, 0.717) is 0 Å². The van der Waals surface area contributed by atoms with Crippen molar-refractivity contribution in [1.82, 2.24) is 0 Å². The first-order valence-electron chi connectivity index (χ1n) is 17.3. The van der Waals surface area contributed by atoms with E-state index in [4.69, 9.17) is 0 Å². The molecular weight excluding hydrogens is 655 g/mol. The summed E-state index contributed by atoms with van der Waals surface area (Å²) >= 11 is 3.77. The van der Waals surface area contributed by atoms with Crippen molar-refractivity contribution in [3.05, 3.63) is 188 Å². The molecule has 0 spiro atoms. The summed E-state index contributed by atoms with van der Waals surface area (Å²) < 4.78 is 5.17. The molecule has 2 heterocycles. The molecule has 3 heteroatoms. The predicted octanol–water partition coefficient (Wildman–Crippen LogP) is 14.9. The van der Waals surface area contributed by atoms with Gasteiger partial charge in [-0.3, -0.25) is 0 Å². The number of hydrogen-bond acceptors (Lipinski definition) is 3. The van der Waals surface area contributed by atoms with Gasteiger partial charge >= 0.3 is 0 Å². The zero-order valence-corrected chi connectivity index (χ0v) is 29.3. The minimum Gasteiger partial charge on any atom is -0.308 e. The SMILES string of the molecule is c1ccc(-c2ccc(N(c3ccc(-c4ccccc4)c4c3sc3ccccc34)c3ccc(-c4ccccc4)c4sc5ccccc5c34)cc2)cc1. The molecule has 0 radical (unpaired) electrons. The summed E-state index contributed by atoms with van der Waals surface area (Å²) in [5, 5.41) is 5.16. The van der Waals surface area contributed by atoms with Crippen molar-refractivity contribution in [2.45, 2.75) is 0 Å². The molecule has 8 aromatic carbocycles. The normalized spacial score (nSPS) is 11.5. The van der Waals surface area contributed by atoms with E-state index >= 15 is 0 Å². The van der Waals surface area contributed by atoms with Crippen LogP contribution >= 0.6 is 22.7 Å². The van der Waals surface area contributed by atoms with Gasteiger partial charge in [0, 0.05) is 41.3 Å². The molecule has 0 aliphatic heterocycles. The van der Waals surface area contributed by atoms with Crippen molar-refractivity contribution in [2.24, 2.45) is 0 Å². The number of benzene rings is 8. The van der Waals surface area contributed by atoms with Crippen LogP contribution in [-0.2, 0) is 0 Å². The molecule has 0 atom stereocenters.